The van der Waals surface area contributed by atoms with E-state index in [4.69, 9.17) is 14.2 Å². The van der Waals surface area contributed by atoms with Crippen LogP contribution >= 0.6 is 0 Å². The number of methoxy groups -OCH3 is 2. The van der Waals surface area contributed by atoms with Gasteiger partial charge in [-0.3, -0.25) is 4.79 Å². The van der Waals surface area contributed by atoms with Crippen LogP contribution in [0.5, 0.6) is 17.2 Å². The fourth-order valence-corrected chi connectivity index (χ4v) is 3.12. The zero-order valence-electron chi connectivity index (χ0n) is 16.9. The van der Waals surface area contributed by atoms with E-state index in [0.717, 1.165) is 16.7 Å². The van der Waals surface area contributed by atoms with Crippen LogP contribution in [-0.2, 0) is 11.3 Å². The molecule has 29 heavy (non-hydrogen) atoms. The largest absolute Gasteiger partial charge is 0.493 e. The first-order chi connectivity index (χ1) is 14.1. The van der Waals surface area contributed by atoms with Gasteiger partial charge in [0.2, 0.25) is 0 Å². The van der Waals surface area contributed by atoms with Gasteiger partial charge in [0, 0.05) is 24.7 Å². The topological polar surface area (TPSA) is 48.0 Å². The minimum absolute atomic E-state index is 0.0490. The van der Waals surface area contributed by atoms with Gasteiger partial charge >= 0.3 is 0 Å². The standard InChI is InChI=1S/C24H25NO4/c1-25(16-19-12-9-15-22(27-2)24(19)28-3)23(26)17-29-21-14-8-7-13-20(21)18-10-5-4-6-11-18/h4-15H,16-17H2,1-3H3. The highest BCUT2D eigenvalue weighted by atomic mass is 16.5. The summed E-state index contributed by atoms with van der Waals surface area (Å²) in [6, 6.07) is 23.3. The van der Waals surface area contributed by atoms with Gasteiger partial charge < -0.3 is 19.1 Å². The second kappa shape index (κ2) is 9.64. The molecule has 0 bridgehead atoms. The van der Waals surface area contributed by atoms with Crippen molar-refractivity contribution in [3.05, 3.63) is 78.4 Å². The molecule has 150 valence electrons. The molecule has 5 heteroatoms. The van der Waals surface area contributed by atoms with Gasteiger partial charge in [-0.1, -0.05) is 60.7 Å². The van der Waals surface area contributed by atoms with Crippen LogP contribution < -0.4 is 14.2 Å². The fourth-order valence-electron chi connectivity index (χ4n) is 3.12. The monoisotopic (exact) mass is 391 g/mol. The highest BCUT2D eigenvalue weighted by Gasteiger charge is 2.16. The second-order valence-electron chi connectivity index (χ2n) is 6.55. The van der Waals surface area contributed by atoms with E-state index in [1.807, 2.05) is 72.8 Å². The smallest absolute Gasteiger partial charge is 0.260 e. The number of benzene rings is 3. The van der Waals surface area contributed by atoms with Gasteiger partial charge in [0.05, 0.1) is 14.2 Å². The van der Waals surface area contributed by atoms with Crippen LogP contribution in [-0.4, -0.2) is 38.7 Å². The maximum atomic E-state index is 12.7. The van der Waals surface area contributed by atoms with Crippen molar-refractivity contribution in [2.75, 3.05) is 27.9 Å². The van der Waals surface area contributed by atoms with Gasteiger partial charge in [0.25, 0.3) is 5.91 Å². The van der Waals surface area contributed by atoms with Crippen molar-refractivity contribution in [1.29, 1.82) is 0 Å². The van der Waals surface area contributed by atoms with Crippen molar-refractivity contribution < 1.29 is 19.0 Å². The molecule has 0 radical (unpaired) electrons. The van der Waals surface area contributed by atoms with Gasteiger partial charge in [-0.2, -0.15) is 0 Å². The minimum atomic E-state index is -0.127. The third kappa shape index (κ3) is 4.88. The number of hydrogen-bond donors (Lipinski definition) is 0. The number of amides is 1. The summed E-state index contributed by atoms with van der Waals surface area (Å²) in [5, 5.41) is 0. The maximum Gasteiger partial charge on any atom is 0.260 e. The van der Waals surface area contributed by atoms with Crippen LogP contribution in [0.1, 0.15) is 5.56 Å². The number of nitrogens with zero attached hydrogens (tertiary/aromatic N) is 1. The van der Waals surface area contributed by atoms with E-state index in [1.54, 1.807) is 26.2 Å². The Kier molecular flexibility index (Phi) is 6.74. The Morgan fingerprint density at radius 3 is 2.24 bits per heavy atom. The SMILES string of the molecule is COc1cccc(CN(C)C(=O)COc2ccccc2-c2ccccc2)c1OC. The predicted octanol–water partition coefficient (Wildman–Crippen LogP) is 4.41. The number of likely N-dealkylation sites (N-methyl/N-ethyl adjacent to an activating group) is 1. The Morgan fingerprint density at radius 2 is 1.52 bits per heavy atom. The summed E-state index contributed by atoms with van der Waals surface area (Å²) in [7, 11) is 4.93. The second-order valence-corrected chi connectivity index (χ2v) is 6.55. The van der Waals surface area contributed by atoms with Crippen molar-refractivity contribution >= 4 is 5.91 Å². The lowest BCUT2D eigenvalue weighted by Gasteiger charge is -2.20. The first-order valence-electron chi connectivity index (χ1n) is 9.35. The van der Waals surface area contributed by atoms with Gasteiger partial charge in [0.1, 0.15) is 5.75 Å². The molecule has 0 N–H and O–H groups in total. The van der Waals surface area contributed by atoms with Gasteiger partial charge in [-0.25, -0.2) is 0 Å². The number of hydrogen-bond acceptors (Lipinski definition) is 4. The van der Waals surface area contributed by atoms with Gasteiger partial charge in [-0.15, -0.1) is 0 Å². The Labute approximate surface area is 171 Å². The van der Waals surface area contributed by atoms with E-state index in [9.17, 15) is 4.79 Å². The van der Waals surface area contributed by atoms with E-state index < -0.39 is 0 Å². The molecule has 0 heterocycles. The van der Waals surface area contributed by atoms with Crippen LogP contribution in [0.4, 0.5) is 0 Å². The first kappa shape index (κ1) is 20.3. The molecule has 0 aliphatic rings. The normalized spacial score (nSPS) is 10.3. The lowest BCUT2D eigenvalue weighted by atomic mass is 10.1. The van der Waals surface area contributed by atoms with Crippen molar-refractivity contribution in [3.8, 4) is 28.4 Å². The molecule has 3 aromatic rings. The first-order valence-corrected chi connectivity index (χ1v) is 9.35. The molecule has 0 aromatic heterocycles. The summed E-state index contributed by atoms with van der Waals surface area (Å²) in [6.45, 7) is 0.343. The van der Waals surface area contributed by atoms with E-state index in [-0.39, 0.29) is 12.5 Å². The Hall–Kier alpha value is -3.47. The zero-order chi connectivity index (χ0) is 20.6. The molecule has 3 aromatic carbocycles. The van der Waals surface area contributed by atoms with E-state index in [2.05, 4.69) is 0 Å². The lowest BCUT2D eigenvalue weighted by molar-refractivity contribution is -0.132. The average Bonchev–Trinajstić information content (AvgIpc) is 2.77. The predicted molar refractivity (Wildman–Crippen MR) is 113 cm³/mol. The van der Waals surface area contributed by atoms with Crippen molar-refractivity contribution in [2.45, 2.75) is 6.54 Å². The highest BCUT2D eigenvalue weighted by molar-refractivity contribution is 5.78. The fraction of sp³-hybridized carbons (Fsp3) is 0.208. The average molecular weight is 391 g/mol. The van der Waals surface area contributed by atoms with Crippen LogP contribution in [0.15, 0.2) is 72.8 Å². The molecule has 0 spiro atoms. The summed E-state index contributed by atoms with van der Waals surface area (Å²) >= 11 is 0. The van der Waals surface area contributed by atoms with Crippen molar-refractivity contribution in [1.82, 2.24) is 4.90 Å². The quantitative estimate of drug-likeness (QED) is 0.571. The molecule has 0 aliphatic heterocycles. The Balaban J connectivity index is 1.68. The van der Waals surface area contributed by atoms with Gasteiger partial charge in [-0.05, 0) is 17.7 Å². The molecule has 0 unspecified atom stereocenters. The minimum Gasteiger partial charge on any atom is -0.493 e. The summed E-state index contributed by atoms with van der Waals surface area (Å²) in [5.41, 5.74) is 2.87. The third-order valence-corrected chi connectivity index (χ3v) is 4.64. The van der Waals surface area contributed by atoms with E-state index in [1.165, 1.54) is 0 Å². The molecule has 0 aliphatic carbocycles. The summed E-state index contributed by atoms with van der Waals surface area (Å²) in [4.78, 5) is 14.3. The summed E-state index contributed by atoms with van der Waals surface area (Å²) < 4.78 is 16.6. The van der Waals surface area contributed by atoms with E-state index >= 15 is 0 Å². The van der Waals surface area contributed by atoms with Crippen LogP contribution in [0.3, 0.4) is 0 Å². The molecule has 0 fully saturated rings. The molecule has 0 saturated carbocycles. The number of para-hydroxylation sites is 2. The molecule has 3 rings (SSSR count). The van der Waals surface area contributed by atoms with E-state index in [0.29, 0.717) is 23.8 Å². The van der Waals surface area contributed by atoms with Crippen LogP contribution in [0.2, 0.25) is 0 Å². The number of rotatable bonds is 8. The summed E-state index contributed by atoms with van der Waals surface area (Å²) in [6.07, 6.45) is 0. The zero-order valence-corrected chi connectivity index (χ0v) is 16.9. The third-order valence-electron chi connectivity index (χ3n) is 4.64. The van der Waals surface area contributed by atoms with Crippen molar-refractivity contribution in [2.24, 2.45) is 0 Å². The molecular weight excluding hydrogens is 366 g/mol. The van der Waals surface area contributed by atoms with Gasteiger partial charge in [0.15, 0.2) is 18.1 Å². The van der Waals surface area contributed by atoms with Crippen LogP contribution in [0.25, 0.3) is 11.1 Å². The van der Waals surface area contributed by atoms with Crippen LogP contribution in [0, 0.1) is 0 Å². The number of carbonyl (C=O) groups is 1. The molecule has 0 atom stereocenters. The molecule has 0 saturated heterocycles. The summed E-state index contributed by atoms with van der Waals surface area (Å²) in [5.74, 6) is 1.82. The highest BCUT2D eigenvalue weighted by Crippen LogP contribution is 2.32. The molecular formula is C24H25NO4. The number of ether oxygens (including phenoxy) is 3. The van der Waals surface area contributed by atoms with Crippen molar-refractivity contribution in [3.63, 3.8) is 0 Å². The Bertz CT molecular complexity index is 956. The lowest BCUT2D eigenvalue weighted by Crippen LogP contribution is -2.31. The maximum absolute atomic E-state index is 12.7. The molecule has 1 amide bonds. The molecule has 5 nitrogen and oxygen atoms in total. The number of carbonyl (C=O) groups excluding carboxylic acids is 1. The Morgan fingerprint density at radius 1 is 0.828 bits per heavy atom.